The first-order valence-corrected chi connectivity index (χ1v) is 10.7. The van der Waals surface area contributed by atoms with Crippen LogP contribution in [-0.2, 0) is 12.8 Å². The van der Waals surface area contributed by atoms with Crippen molar-refractivity contribution in [2.24, 2.45) is 5.92 Å². The van der Waals surface area contributed by atoms with E-state index < -0.39 is 29.2 Å². The Morgan fingerprint density at radius 3 is 2.30 bits per heavy atom. The predicted molar refractivity (Wildman–Crippen MR) is 116 cm³/mol. The van der Waals surface area contributed by atoms with Gasteiger partial charge in [0.05, 0.1) is 18.2 Å². The van der Waals surface area contributed by atoms with E-state index >= 15 is 0 Å². The Morgan fingerprint density at radius 1 is 1.03 bits per heavy atom. The number of alkyl halides is 3. The molecule has 0 aliphatic heterocycles. The summed E-state index contributed by atoms with van der Waals surface area (Å²) in [6.07, 6.45) is -1.43. The maximum absolute atomic E-state index is 13.7. The van der Waals surface area contributed by atoms with E-state index in [0.29, 0.717) is 12.0 Å². The van der Waals surface area contributed by atoms with E-state index in [-0.39, 0.29) is 24.1 Å². The molecule has 0 atom stereocenters. The molecule has 9 heteroatoms. The van der Waals surface area contributed by atoms with Crippen molar-refractivity contribution in [2.45, 2.75) is 51.4 Å². The van der Waals surface area contributed by atoms with Crippen LogP contribution in [0.25, 0.3) is 0 Å². The molecule has 0 aromatic heterocycles. The van der Waals surface area contributed by atoms with Crippen LogP contribution >= 0.6 is 0 Å². The summed E-state index contributed by atoms with van der Waals surface area (Å²) in [7, 11) is 1.21. The number of rotatable bonds is 6. The van der Waals surface area contributed by atoms with Crippen LogP contribution in [0.1, 0.15) is 54.1 Å². The first kappa shape index (κ1) is 24.4. The highest BCUT2D eigenvalue weighted by molar-refractivity contribution is 6.05. The third kappa shape index (κ3) is 6.63. The first-order chi connectivity index (χ1) is 15.7. The Labute approximate surface area is 190 Å². The minimum atomic E-state index is -4.84. The molecule has 0 heterocycles. The highest BCUT2D eigenvalue weighted by Gasteiger charge is 2.37. The second-order valence-electron chi connectivity index (χ2n) is 8.21. The second kappa shape index (κ2) is 10.6. The number of benzene rings is 2. The standard InChI is InChI=1S/C24H27F3N2O4/c1-15-8-10-17(11-9-15)28-23(31)29-22(30)18-12-21(33-14-16-6-4-3-5-7-16)20(32-2)13-19(18)24(25,26)27/h3-7,12-13,15,17H,8-11,14H2,1-2H3,(H2,28,29,30,31). The van der Waals surface area contributed by atoms with Crippen molar-refractivity contribution in [3.05, 3.63) is 59.2 Å². The van der Waals surface area contributed by atoms with Crippen LogP contribution < -0.4 is 20.1 Å². The summed E-state index contributed by atoms with van der Waals surface area (Å²) in [6.45, 7) is 2.18. The second-order valence-corrected chi connectivity index (χ2v) is 8.21. The molecule has 33 heavy (non-hydrogen) atoms. The summed E-state index contributed by atoms with van der Waals surface area (Å²) in [4.78, 5) is 25.0. The SMILES string of the molecule is COc1cc(C(F)(F)F)c(C(=O)NC(=O)NC2CCC(C)CC2)cc1OCc1ccccc1. The average molecular weight is 464 g/mol. The van der Waals surface area contributed by atoms with E-state index in [1.165, 1.54) is 7.11 Å². The summed E-state index contributed by atoms with van der Waals surface area (Å²) in [5, 5.41) is 4.69. The molecule has 2 aromatic carbocycles. The maximum Gasteiger partial charge on any atom is 0.417 e. The third-order valence-corrected chi connectivity index (χ3v) is 5.67. The molecule has 0 spiro atoms. The lowest BCUT2D eigenvalue weighted by Crippen LogP contribution is -2.46. The number of methoxy groups -OCH3 is 1. The van der Waals surface area contributed by atoms with Crippen molar-refractivity contribution in [3.63, 3.8) is 0 Å². The van der Waals surface area contributed by atoms with Gasteiger partial charge in [-0.1, -0.05) is 37.3 Å². The monoisotopic (exact) mass is 464 g/mol. The lowest BCUT2D eigenvalue weighted by molar-refractivity contribution is -0.138. The molecule has 2 aromatic rings. The number of halogens is 3. The molecule has 178 valence electrons. The third-order valence-electron chi connectivity index (χ3n) is 5.67. The number of hydrogen-bond acceptors (Lipinski definition) is 4. The van der Waals surface area contributed by atoms with Crippen LogP contribution in [-0.4, -0.2) is 25.1 Å². The van der Waals surface area contributed by atoms with Crippen molar-refractivity contribution in [2.75, 3.05) is 7.11 Å². The molecule has 6 nitrogen and oxygen atoms in total. The van der Waals surface area contributed by atoms with Crippen LogP contribution in [0.5, 0.6) is 11.5 Å². The summed E-state index contributed by atoms with van der Waals surface area (Å²) in [5.41, 5.74) is -1.16. The lowest BCUT2D eigenvalue weighted by atomic mass is 9.87. The minimum absolute atomic E-state index is 0.0406. The van der Waals surface area contributed by atoms with Gasteiger partial charge in [-0.25, -0.2) is 4.79 Å². The molecule has 1 aliphatic carbocycles. The molecule has 1 saturated carbocycles. The van der Waals surface area contributed by atoms with Crippen LogP contribution in [0.4, 0.5) is 18.0 Å². The van der Waals surface area contributed by atoms with E-state index in [1.807, 2.05) is 11.4 Å². The van der Waals surface area contributed by atoms with Crippen LogP contribution in [0.3, 0.4) is 0 Å². The van der Waals surface area contributed by atoms with Crippen molar-refractivity contribution in [1.29, 1.82) is 0 Å². The van der Waals surface area contributed by atoms with Gasteiger partial charge in [0.1, 0.15) is 6.61 Å². The van der Waals surface area contributed by atoms with E-state index in [0.717, 1.165) is 37.3 Å². The van der Waals surface area contributed by atoms with Crippen molar-refractivity contribution < 1.29 is 32.2 Å². The molecule has 0 radical (unpaired) electrons. The number of hydrogen-bond donors (Lipinski definition) is 2. The topological polar surface area (TPSA) is 76.7 Å². The van der Waals surface area contributed by atoms with Gasteiger partial charge < -0.3 is 14.8 Å². The van der Waals surface area contributed by atoms with E-state index in [4.69, 9.17) is 9.47 Å². The van der Waals surface area contributed by atoms with Crippen LogP contribution in [0.15, 0.2) is 42.5 Å². The van der Waals surface area contributed by atoms with Crippen LogP contribution in [0.2, 0.25) is 0 Å². The fraction of sp³-hybridized carbons (Fsp3) is 0.417. The Kier molecular flexibility index (Phi) is 7.84. The molecule has 0 unspecified atom stereocenters. The molecular formula is C24H27F3N2O4. The summed E-state index contributed by atoms with van der Waals surface area (Å²) in [6, 6.07) is 9.72. The zero-order valence-corrected chi connectivity index (χ0v) is 18.5. The fourth-order valence-corrected chi connectivity index (χ4v) is 3.79. The van der Waals surface area contributed by atoms with E-state index in [9.17, 15) is 22.8 Å². The Bertz CT molecular complexity index is 972. The Morgan fingerprint density at radius 2 is 1.70 bits per heavy atom. The number of imide groups is 1. The van der Waals surface area contributed by atoms with Gasteiger partial charge in [-0.15, -0.1) is 0 Å². The highest BCUT2D eigenvalue weighted by atomic mass is 19.4. The van der Waals surface area contributed by atoms with E-state index in [1.54, 1.807) is 24.3 Å². The van der Waals surface area contributed by atoms with Crippen LogP contribution in [0, 0.1) is 5.92 Å². The maximum atomic E-state index is 13.7. The number of amides is 3. The molecule has 1 aliphatic rings. The zero-order valence-electron chi connectivity index (χ0n) is 18.5. The molecule has 3 rings (SSSR count). The summed E-state index contributed by atoms with van der Waals surface area (Å²) in [5.74, 6) is -0.816. The average Bonchev–Trinajstić information content (AvgIpc) is 2.78. The van der Waals surface area contributed by atoms with Gasteiger partial charge in [0, 0.05) is 6.04 Å². The van der Waals surface area contributed by atoms with Gasteiger partial charge in [-0.3, -0.25) is 10.1 Å². The number of carbonyl (C=O) groups is 2. The minimum Gasteiger partial charge on any atom is -0.493 e. The molecular weight excluding hydrogens is 437 g/mol. The number of urea groups is 1. The van der Waals surface area contributed by atoms with Gasteiger partial charge in [0.15, 0.2) is 11.5 Å². The largest absolute Gasteiger partial charge is 0.493 e. The molecule has 2 N–H and O–H groups in total. The summed E-state index contributed by atoms with van der Waals surface area (Å²) >= 11 is 0. The van der Waals surface area contributed by atoms with Gasteiger partial charge in [0.25, 0.3) is 5.91 Å². The van der Waals surface area contributed by atoms with Crippen molar-refractivity contribution in [3.8, 4) is 11.5 Å². The molecule has 0 saturated heterocycles. The Balaban J connectivity index is 1.80. The van der Waals surface area contributed by atoms with Gasteiger partial charge in [-0.2, -0.15) is 13.2 Å². The van der Waals surface area contributed by atoms with Crippen molar-refractivity contribution in [1.82, 2.24) is 10.6 Å². The predicted octanol–water partition coefficient (Wildman–Crippen LogP) is 5.31. The zero-order chi connectivity index (χ0) is 24.0. The van der Waals surface area contributed by atoms with Gasteiger partial charge >= 0.3 is 12.2 Å². The lowest BCUT2D eigenvalue weighted by Gasteiger charge is -2.26. The fourth-order valence-electron chi connectivity index (χ4n) is 3.79. The van der Waals surface area contributed by atoms with Crippen molar-refractivity contribution >= 4 is 11.9 Å². The Hall–Kier alpha value is -3.23. The number of ether oxygens (including phenoxy) is 2. The molecule has 3 amide bonds. The molecule has 0 bridgehead atoms. The van der Waals surface area contributed by atoms with Gasteiger partial charge in [-0.05, 0) is 49.3 Å². The van der Waals surface area contributed by atoms with Gasteiger partial charge in [0.2, 0.25) is 0 Å². The number of nitrogens with one attached hydrogen (secondary N) is 2. The quantitative estimate of drug-likeness (QED) is 0.607. The number of carbonyl (C=O) groups excluding carboxylic acids is 2. The normalized spacial score (nSPS) is 18.3. The smallest absolute Gasteiger partial charge is 0.417 e. The van der Waals surface area contributed by atoms with E-state index in [2.05, 4.69) is 12.2 Å². The molecule has 1 fully saturated rings. The summed E-state index contributed by atoms with van der Waals surface area (Å²) < 4.78 is 51.7. The first-order valence-electron chi connectivity index (χ1n) is 10.7. The highest BCUT2D eigenvalue weighted by Crippen LogP contribution is 2.39.